The fraction of sp³-hybridized carbons (Fsp3) is 0.333. The summed E-state index contributed by atoms with van der Waals surface area (Å²) in [6.45, 7) is 1.60. The summed E-state index contributed by atoms with van der Waals surface area (Å²) in [5.74, 6) is -1.40. The van der Waals surface area contributed by atoms with Gasteiger partial charge in [-0.15, -0.1) is 0 Å². The predicted octanol–water partition coefficient (Wildman–Crippen LogP) is 0.152. The number of carbonyl (C=O) groups excluding carboxylic acids is 2. The molecule has 7 heteroatoms. The number of likely N-dealkylation sites (N-methyl/N-ethyl adjacent to an activating group) is 1. The standard InChI is InChI=1S/C12H17FN4O2/c1-7(17(2)6-11(15)18)12(19)16-8-3-4-9(13)10(14)5-8/h3-5,7H,6,14H2,1-2H3,(H2,15,18)(H,16,19). The molecule has 1 rings (SSSR count). The maximum Gasteiger partial charge on any atom is 0.241 e. The number of primary amides is 1. The Kier molecular flexibility index (Phi) is 4.82. The number of hydrogen-bond acceptors (Lipinski definition) is 4. The van der Waals surface area contributed by atoms with Crippen LogP contribution in [-0.4, -0.2) is 36.3 Å². The van der Waals surface area contributed by atoms with Crippen LogP contribution in [0.2, 0.25) is 0 Å². The Balaban J connectivity index is 2.68. The molecule has 0 aromatic heterocycles. The van der Waals surface area contributed by atoms with Crippen molar-refractivity contribution in [2.24, 2.45) is 5.73 Å². The van der Waals surface area contributed by atoms with Crippen LogP contribution in [-0.2, 0) is 9.59 Å². The maximum atomic E-state index is 13.0. The normalized spacial score (nSPS) is 12.2. The quantitative estimate of drug-likeness (QED) is 0.662. The van der Waals surface area contributed by atoms with Crippen LogP contribution < -0.4 is 16.8 Å². The second-order valence-corrected chi connectivity index (χ2v) is 4.28. The van der Waals surface area contributed by atoms with Crippen molar-refractivity contribution in [2.45, 2.75) is 13.0 Å². The average Bonchev–Trinajstić information content (AvgIpc) is 2.32. The molecule has 19 heavy (non-hydrogen) atoms. The van der Waals surface area contributed by atoms with Crippen molar-refractivity contribution >= 4 is 23.2 Å². The summed E-state index contributed by atoms with van der Waals surface area (Å²) in [6.07, 6.45) is 0. The molecule has 0 bridgehead atoms. The third-order valence-electron chi connectivity index (χ3n) is 2.71. The third-order valence-corrected chi connectivity index (χ3v) is 2.71. The van der Waals surface area contributed by atoms with Crippen LogP contribution in [0, 0.1) is 5.82 Å². The van der Waals surface area contributed by atoms with Gasteiger partial charge in [-0.3, -0.25) is 14.5 Å². The summed E-state index contributed by atoms with van der Waals surface area (Å²) in [5.41, 5.74) is 10.8. The molecule has 0 radical (unpaired) electrons. The van der Waals surface area contributed by atoms with E-state index in [0.717, 1.165) is 0 Å². The lowest BCUT2D eigenvalue weighted by atomic mass is 10.2. The van der Waals surface area contributed by atoms with E-state index in [2.05, 4.69) is 5.32 Å². The van der Waals surface area contributed by atoms with Gasteiger partial charge in [-0.25, -0.2) is 4.39 Å². The second kappa shape index (κ2) is 6.14. The lowest BCUT2D eigenvalue weighted by molar-refractivity contribution is -0.123. The minimum absolute atomic E-state index is 0.0276. The van der Waals surface area contributed by atoms with E-state index in [4.69, 9.17) is 11.5 Å². The number of hydrogen-bond donors (Lipinski definition) is 3. The zero-order valence-corrected chi connectivity index (χ0v) is 10.8. The van der Waals surface area contributed by atoms with E-state index in [0.29, 0.717) is 5.69 Å². The number of carbonyl (C=O) groups is 2. The van der Waals surface area contributed by atoms with E-state index >= 15 is 0 Å². The molecule has 1 unspecified atom stereocenters. The predicted molar refractivity (Wildman–Crippen MR) is 70.7 cm³/mol. The van der Waals surface area contributed by atoms with Crippen molar-refractivity contribution in [2.75, 3.05) is 24.6 Å². The van der Waals surface area contributed by atoms with Gasteiger partial charge in [-0.1, -0.05) is 0 Å². The van der Waals surface area contributed by atoms with Gasteiger partial charge in [0.05, 0.1) is 18.3 Å². The van der Waals surface area contributed by atoms with E-state index < -0.39 is 17.8 Å². The highest BCUT2D eigenvalue weighted by Crippen LogP contribution is 2.16. The zero-order chi connectivity index (χ0) is 14.6. The fourth-order valence-electron chi connectivity index (χ4n) is 1.45. The molecule has 1 atom stereocenters. The van der Waals surface area contributed by atoms with E-state index in [1.807, 2.05) is 0 Å². The van der Waals surface area contributed by atoms with E-state index in [1.54, 1.807) is 14.0 Å². The molecule has 0 aliphatic rings. The number of halogens is 1. The molecule has 0 spiro atoms. The summed E-state index contributed by atoms with van der Waals surface area (Å²) in [5, 5.41) is 2.58. The van der Waals surface area contributed by atoms with Crippen LogP contribution in [0.25, 0.3) is 0 Å². The lowest BCUT2D eigenvalue weighted by Crippen LogP contribution is -2.43. The van der Waals surface area contributed by atoms with E-state index in [1.165, 1.54) is 23.1 Å². The van der Waals surface area contributed by atoms with Crippen LogP contribution >= 0.6 is 0 Å². The van der Waals surface area contributed by atoms with Gasteiger partial charge in [0.2, 0.25) is 11.8 Å². The first-order valence-electron chi connectivity index (χ1n) is 5.65. The summed E-state index contributed by atoms with van der Waals surface area (Å²) in [7, 11) is 1.61. The molecule has 0 fully saturated rings. The largest absolute Gasteiger partial charge is 0.396 e. The molecule has 0 aliphatic heterocycles. The summed E-state index contributed by atoms with van der Waals surface area (Å²) >= 11 is 0. The lowest BCUT2D eigenvalue weighted by Gasteiger charge is -2.22. The average molecular weight is 268 g/mol. The molecule has 5 N–H and O–H groups in total. The Bertz CT molecular complexity index is 493. The molecule has 2 amide bonds. The topological polar surface area (TPSA) is 101 Å². The molecule has 0 aliphatic carbocycles. The van der Waals surface area contributed by atoms with Crippen molar-refractivity contribution in [3.63, 3.8) is 0 Å². The SMILES string of the molecule is CC(C(=O)Nc1ccc(F)c(N)c1)N(C)CC(N)=O. The van der Waals surface area contributed by atoms with Crippen molar-refractivity contribution in [3.05, 3.63) is 24.0 Å². The number of nitrogens with two attached hydrogens (primary N) is 2. The highest BCUT2D eigenvalue weighted by Gasteiger charge is 2.19. The van der Waals surface area contributed by atoms with Crippen molar-refractivity contribution in [1.29, 1.82) is 0 Å². The Labute approximate surface area is 110 Å². The van der Waals surface area contributed by atoms with Gasteiger partial charge < -0.3 is 16.8 Å². The molecular formula is C12H17FN4O2. The van der Waals surface area contributed by atoms with Gasteiger partial charge in [0.1, 0.15) is 5.82 Å². The molecule has 0 heterocycles. The minimum Gasteiger partial charge on any atom is -0.396 e. The van der Waals surface area contributed by atoms with Crippen molar-refractivity contribution in [1.82, 2.24) is 4.90 Å². The third kappa shape index (κ3) is 4.22. The zero-order valence-electron chi connectivity index (χ0n) is 10.8. The van der Waals surface area contributed by atoms with E-state index in [9.17, 15) is 14.0 Å². The van der Waals surface area contributed by atoms with Gasteiger partial charge in [-0.2, -0.15) is 0 Å². The monoisotopic (exact) mass is 268 g/mol. The van der Waals surface area contributed by atoms with E-state index in [-0.39, 0.29) is 18.1 Å². The Morgan fingerprint density at radius 1 is 1.47 bits per heavy atom. The molecule has 1 aromatic rings. The first-order chi connectivity index (χ1) is 8.81. The highest BCUT2D eigenvalue weighted by molar-refractivity contribution is 5.95. The molecule has 104 valence electrons. The summed E-state index contributed by atoms with van der Waals surface area (Å²) in [4.78, 5) is 24.2. The summed E-state index contributed by atoms with van der Waals surface area (Å²) < 4.78 is 13.0. The Morgan fingerprint density at radius 3 is 2.63 bits per heavy atom. The highest BCUT2D eigenvalue weighted by atomic mass is 19.1. The number of anilines is 2. The first-order valence-corrected chi connectivity index (χ1v) is 5.65. The second-order valence-electron chi connectivity index (χ2n) is 4.28. The number of amides is 2. The van der Waals surface area contributed by atoms with Crippen LogP contribution in [0.3, 0.4) is 0 Å². The van der Waals surface area contributed by atoms with Gasteiger partial charge in [0.25, 0.3) is 0 Å². The molecule has 1 aromatic carbocycles. The molecule has 0 saturated carbocycles. The summed E-state index contributed by atoms with van der Waals surface area (Å²) in [6, 6.07) is 3.35. The Morgan fingerprint density at radius 2 is 2.11 bits per heavy atom. The van der Waals surface area contributed by atoms with Crippen LogP contribution in [0.5, 0.6) is 0 Å². The molecular weight excluding hydrogens is 251 g/mol. The first kappa shape index (κ1) is 14.9. The van der Waals surface area contributed by atoms with Crippen LogP contribution in [0.15, 0.2) is 18.2 Å². The number of nitrogen functional groups attached to an aromatic ring is 1. The number of rotatable bonds is 5. The van der Waals surface area contributed by atoms with Gasteiger partial charge in [-0.05, 0) is 32.2 Å². The fourth-order valence-corrected chi connectivity index (χ4v) is 1.45. The van der Waals surface area contributed by atoms with Crippen molar-refractivity contribution in [3.8, 4) is 0 Å². The smallest absolute Gasteiger partial charge is 0.241 e. The maximum absolute atomic E-state index is 13.0. The minimum atomic E-state index is -0.557. The van der Waals surface area contributed by atoms with Gasteiger partial charge >= 0.3 is 0 Å². The molecule has 0 saturated heterocycles. The number of nitrogens with one attached hydrogen (secondary N) is 1. The number of nitrogens with zero attached hydrogens (tertiary/aromatic N) is 1. The molecule has 6 nitrogen and oxygen atoms in total. The number of benzene rings is 1. The van der Waals surface area contributed by atoms with Crippen LogP contribution in [0.1, 0.15) is 6.92 Å². The van der Waals surface area contributed by atoms with Crippen LogP contribution in [0.4, 0.5) is 15.8 Å². The Hall–Kier alpha value is -2.15. The van der Waals surface area contributed by atoms with Gasteiger partial charge in [0, 0.05) is 5.69 Å². The van der Waals surface area contributed by atoms with Gasteiger partial charge in [0.15, 0.2) is 0 Å². The van der Waals surface area contributed by atoms with Crippen molar-refractivity contribution < 1.29 is 14.0 Å².